The van der Waals surface area contributed by atoms with Gasteiger partial charge in [-0.05, 0) is 48.8 Å². The zero-order valence-corrected chi connectivity index (χ0v) is 17.3. The van der Waals surface area contributed by atoms with Crippen LogP contribution in [0.5, 0.6) is 5.75 Å². The molecular weight excluding hydrogens is 400 g/mol. The molecule has 0 aliphatic carbocycles. The highest BCUT2D eigenvalue weighted by Gasteiger charge is 2.07. The first-order valence-corrected chi connectivity index (χ1v) is 10.0. The number of nitrogens with zero attached hydrogens (tertiary/aromatic N) is 2. The van der Waals surface area contributed by atoms with Crippen LogP contribution in [0, 0.1) is 6.92 Å². The number of aliphatic imine (C=N–C) groups is 1. The van der Waals surface area contributed by atoms with E-state index in [1.807, 2.05) is 37.4 Å². The van der Waals surface area contributed by atoms with Gasteiger partial charge in [0.2, 0.25) is 0 Å². The van der Waals surface area contributed by atoms with E-state index in [1.54, 1.807) is 11.3 Å². The molecule has 0 spiro atoms. The molecule has 0 amide bonds. The van der Waals surface area contributed by atoms with E-state index in [0.29, 0.717) is 6.54 Å². The predicted octanol–water partition coefficient (Wildman–Crippen LogP) is 3.78. The van der Waals surface area contributed by atoms with Crippen LogP contribution in [0.15, 0.2) is 39.9 Å². The Balaban J connectivity index is 1.82. The summed E-state index contributed by atoms with van der Waals surface area (Å²) in [4.78, 5) is 10.2. The summed E-state index contributed by atoms with van der Waals surface area (Å²) in [6.07, 6.45) is 2.79. The van der Waals surface area contributed by atoms with Crippen LogP contribution >= 0.6 is 27.3 Å². The van der Waals surface area contributed by atoms with E-state index in [1.165, 1.54) is 4.88 Å². The van der Waals surface area contributed by atoms with Gasteiger partial charge in [0.15, 0.2) is 5.96 Å². The third-order valence-corrected chi connectivity index (χ3v) is 4.94. The minimum absolute atomic E-state index is 0.0178. The number of nitrogens with one attached hydrogen (secondary N) is 2. The monoisotopic (exact) mass is 424 g/mol. The maximum absolute atomic E-state index is 5.93. The molecule has 2 N–H and O–H groups in total. The lowest BCUT2D eigenvalue weighted by Crippen LogP contribution is -2.39. The second-order valence-corrected chi connectivity index (χ2v) is 7.79. The van der Waals surface area contributed by atoms with E-state index in [4.69, 9.17) is 4.74 Å². The second-order valence-electron chi connectivity index (χ2n) is 5.62. The molecule has 25 heavy (non-hydrogen) atoms. The molecule has 0 aliphatic rings. The average Bonchev–Trinajstić information content (AvgIpc) is 3.00. The van der Waals surface area contributed by atoms with Gasteiger partial charge in [0.05, 0.1) is 16.0 Å². The van der Waals surface area contributed by atoms with Gasteiger partial charge in [-0.2, -0.15) is 0 Å². The molecule has 0 fully saturated rings. The summed E-state index contributed by atoms with van der Waals surface area (Å²) in [5.41, 5.74) is 0. The Hall–Kier alpha value is -1.60. The Morgan fingerprint density at radius 3 is 2.84 bits per heavy atom. The highest BCUT2D eigenvalue weighted by atomic mass is 79.9. The number of hydrogen-bond donors (Lipinski definition) is 2. The molecular formula is C18H25BrN4OS. The first-order chi connectivity index (χ1) is 12.1. The normalized spacial score (nSPS) is 12.7. The Labute approximate surface area is 162 Å². The van der Waals surface area contributed by atoms with Crippen LogP contribution in [-0.2, 0) is 6.42 Å². The number of hydrogen-bond acceptors (Lipinski definition) is 4. The van der Waals surface area contributed by atoms with Gasteiger partial charge in [-0.3, -0.25) is 0 Å². The van der Waals surface area contributed by atoms with Gasteiger partial charge >= 0.3 is 0 Å². The maximum atomic E-state index is 5.93. The molecule has 5 nitrogen and oxygen atoms in total. The molecule has 1 aromatic heterocycles. The lowest BCUT2D eigenvalue weighted by molar-refractivity contribution is 0.228. The number of rotatable bonds is 8. The fourth-order valence-electron chi connectivity index (χ4n) is 2.16. The van der Waals surface area contributed by atoms with Crippen LogP contribution < -0.4 is 15.4 Å². The number of aromatic nitrogens is 1. The van der Waals surface area contributed by atoms with Crippen LogP contribution in [-0.4, -0.2) is 36.7 Å². The Bertz CT molecular complexity index is 689. The Morgan fingerprint density at radius 1 is 1.36 bits per heavy atom. The van der Waals surface area contributed by atoms with Crippen molar-refractivity contribution in [3.05, 3.63) is 44.8 Å². The fraction of sp³-hybridized carbons (Fsp3) is 0.444. The van der Waals surface area contributed by atoms with E-state index >= 15 is 0 Å². The van der Waals surface area contributed by atoms with Gasteiger partial charge < -0.3 is 15.4 Å². The van der Waals surface area contributed by atoms with Crippen molar-refractivity contribution in [1.82, 2.24) is 15.6 Å². The first kappa shape index (κ1) is 19.7. The topological polar surface area (TPSA) is 58.5 Å². The molecule has 1 atom stereocenters. The Morgan fingerprint density at radius 2 is 2.16 bits per heavy atom. The quantitative estimate of drug-likeness (QED) is 0.499. The number of guanidine groups is 1. The van der Waals surface area contributed by atoms with Gasteiger partial charge in [-0.15, -0.1) is 11.3 Å². The van der Waals surface area contributed by atoms with Crippen molar-refractivity contribution in [1.29, 1.82) is 0 Å². The van der Waals surface area contributed by atoms with Crippen molar-refractivity contribution in [3.8, 4) is 5.75 Å². The van der Waals surface area contributed by atoms with Gasteiger partial charge in [-0.25, -0.2) is 9.98 Å². The lowest BCUT2D eigenvalue weighted by Gasteiger charge is -2.15. The number of thiazole rings is 1. The van der Waals surface area contributed by atoms with E-state index in [-0.39, 0.29) is 6.10 Å². The van der Waals surface area contributed by atoms with Crippen LogP contribution in [0.1, 0.15) is 23.7 Å². The number of para-hydroxylation sites is 1. The third kappa shape index (κ3) is 7.04. The molecule has 0 radical (unpaired) electrons. The van der Waals surface area contributed by atoms with Gasteiger partial charge in [0, 0.05) is 30.6 Å². The van der Waals surface area contributed by atoms with Crippen molar-refractivity contribution in [2.75, 3.05) is 19.6 Å². The Kier molecular flexibility index (Phi) is 8.21. The van der Waals surface area contributed by atoms with Crippen LogP contribution in [0.2, 0.25) is 0 Å². The SMILES string of the molecule is CCNC(=NCC(C)Oc1ccccc1Br)NCCc1ncc(C)s1. The van der Waals surface area contributed by atoms with Crippen LogP contribution in [0.3, 0.4) is 0 Å². The lowest BCUT2D eigenvalue weighted by atomic mass is 10.3. The second kappa shape index (κ2) is 10.4. The molecule has 0 aliphatic heterocycles. The molecule has 1 aromatic carbocycles. The van der Waals surface area contributed by atoms with Crippen molar-refractivity contribution in [3.63, 3.8) is 0 Å². The van der Waals surface area contributed by atoms with Gasteiger partial charge in [0.25, 0.3) is 0 Å². The van der Waals surface area contributed by atoms with Crippen LogP contribution in [0.4, 0.5) is 0 Å². The van der Waals surface area contributed by atoms with Crippen LogP contribution in [0.25, 0.3) is 0 Å². The van der Waals surface area contributed by atoms with E-state index < -0.39 is 0 Å². The van der Waals surface area contributed by atoms with Crippen molar-refractivity contribution in [2.45, 2.75) is 33.3 Å². The van der Waals surface area contributed by atoms with Crippen molar-refractivity contribution >= 4 is 33.2 Å². The summed E-state index contributed by atoms with van der Waals surface area (Å²) in [6.45, 7) is 8.35. The minimum Gasteiger partial charge on any atom is -0.488 e. The van der Waals surface area contributed by atoms with Gasteiger partial charge in [0.1, 0.15) is 11.9 Å². The fourth-order valence-corrected chi connectivity index (χ4v) is 3.33. The number of benzene rings is 1. The first-order valence-electron chi connectivity index (χ1n) is 8.43. The predicted molar refractivity (Wildman–Crippen MR) is 109 cm³/mol. The van der Waals surface area contributed by atoms with Gasteiger partial charge in [-0.1, -0.05) is 12.1 Å². The third-order valence-electron chi connectivity index (χ3n) is 3.32. The molecule has 7 heteroatoms. The summed E-state index contributed by atoms with van der Waals surface area (Å²) in [7, 11) is 0. The zero-order valence-electron chi connectivity index (χ0n) is 14.9. The number of halogens is 1. The zero-order chi connectivity index (χ0) is 18.1. The summed E-state index contributed by atoms with van der Waals surface area (Å²) in [5.74, 6) is 1.64. The summed E-state index contributed by atoms with van der Waals surface area (Å²) in [6, 6.07) is 7.85. The molecule has 0 bridgehead atoms. The number of aryl methyl sites for hydroxylation is 1. The van der Waals surface area contributed by atoms with E-state index in [2.05, 4.69) is 50.4 Å². The summed E-state index contributed by atoms with van der Waals surface area (Å²) < 4.78 is 6.89. The molecule has 1 heterocycles. The smallest absolute Gasteiger partial charge is 0.191 e. The standard InChI is InChI=1S/C18H25BrN4OS/c1-4-20-18(21-10-9-17-22-12-14(3)25-17)23-11-13(2)24-16-8-6-5-7-15(16)19/h5-8,12-13H,4,9-11H2,1-3H3,(H2,20,21,23). The highest BCUT2D eigenvalue weighted by Crippen LogP contribution is 2.24. The minimum atomic E-state index is -0.0178. The number of ether oxygens (including phenoxy) is 1. The summed E-state index contributed by atoms with van der Waals surface area (Å²) >= 11 is 5.24. The molecule has 0 saturated carbocycles. The maximum Gasteiger partial charge on any atom is 0.191 e. The molecule has 136 valence electrons. The molecule has 1 unspecified atom stereocenters. The van der Waals surface area contributed by atoms with E-state index in [9.17, 15) is 0 Å². The van der Waals surface area contributed by atoms with E-state index in [0.717, 1.165) is 40.7 Å². The molecule has 2 aromatic rings. The van der Waals surface area contributed by atoms with Crippen molar-refractivity contribution < 1.29 is 4.74 Å². The largest absolute Gasteiger partial charge is 0.488 e. The highest BCUT2D eigenvalue weighted by molar-refractivity contribution is 9.10. The molecule has 2 rings (SSSR count). The average molecular weight is 425 g/mol. The molecule has 0 saturated heterocycles. The van der Waals surface area contributed by atoms with Crippen molar-refractivity contribution in [2.24, 2.45) is 4.99 Å². The summed E-state index contributed by atoms with van der Waals surface area (Å²) in [5, 5.41) is 7.76.